The first-order chi connectivity index (χ1) is 13.4. The van der Waals surface area contributed by atoms with Crippen molar-refractivity contribution in [3.63, 3.8) is 0 Å². The Morgan fingerprint density at radius 3 is 2.00 bits per heavy atom. The molecule has 0 saturated heterocycles. The van der Waals surface area contributed by atoms with Crippen LogP contribution in [-0.4, -0.2) is 114 Å². The molecule has 1 rings (SSSR count). The Morgan fingerprint density at radius 1 is 1.07 bits per heavy atom. The fraction of sp³-hybridized carbons (Fsp3) is 0.850. The summed E-state index contributed by atoms with van der Waals surface area (Å²) in [5.41, 5.74) is 3.53. The van der Waals surface area contributed by atoms with E-state index in [1.165, 1.54) is 0 Å². The van der Waals surface area contributed by atoms with Crippen LogP contribution in [0, 0.1) is 11.8 Å². The van der Waals surface area contributed by atoms with Crippen LogP contribution in [0.15, 0.2) is 0 Å². The summed E-state index contributed by atoms with van der Waals surface area (Å²) in [6.45, 7) is 3.75. The van der Waals surface area contributed by atoms with Crippen LogP contribution >= 0.6 is 0 Å². The first-order valence-electron chi connectivity index (χ1n) is 10.2. The van der Waals surface area contributed by atoms with E-state index >= 15 is 0 Å². The molecule has 1 saturated carbocycles. The molecular weight excluding hydrogens is 421 g/mol. The van der Waals surface area contributed by atoms with Gasteiger partial charge in [-0.3, -0.25) is 9.59 Å². The summed E-state index contributed by atoms with van der Waals surface area (Å²) in [6, 6.07) is -0.713. The van der Waals surface area contributed by atoms with E-state index in [9.17, 15) is 24.6 Å². The van der Waals surface area contributed by atoms with E-state index < -0.39 is 54.6 Å². The zero-order valence-corrected chi connectivity index (χ0v) is 17.2. The SMILES string of the molecule is CC(C)C[C@H](O)[C@H](OC(=O)C(O)(CC(=O)O)CC(=O)O)[C@@H](N)CC1CCCCC1.[KH]. The molecule has 30 heavy (non-hydrogen) atoms. The molecule has 170 valence electrons. The summed E-state index contributed by atoms with van der Waals surface area (Å²) in [7, 11) is 0. The molecule has 0 radical (unpaired) electrons. The van der Waals surface area contributed by atoms with Gasteiger partial charge in [0, 0.05) is 6.04 Å². The Bertz CT molecular complexity index is 549. The van der Waals surface area contributed by atoms with Gasteiger partial charge in [-0.05, 0) is 24.7 Å². The maximum atomic E-state index is 12.6. The first kappa shape index (κ1) is 29.9. The van der Waals surface area contributed by atoms with Crippen LogP contribution in [0.5, 0.6) is 0 Å². The van der Waals surface area contributed by atoms with E-state index in [0.29, 0.717) is 12.3 Å². The number of carboxylic acid groups (broad SMARTS) is 2. The summed E-state index contributed by atoms with van der Waals surface area (Å²) in [5.74, 6) is -4.07. The minimum absolute atomic E-state index is 0. The van der Waals surface area contributed by atoms with Crippen molar-refractivity contribution in [3.05, 3.63) is 0 Å². The van der Waals surface area contributed by atoms with Crippen molar-refractivity contribution in [1.82, 2.24) is 0 Å². The van der Waals surface area contributed by atoms with Crippen LogP contribution in [0.25, 0.3) is 0 Å². The standard InChI is InChI=1S/C20H35NO8.K.H/c1-12(2)8-15(22)18(14(21)9-13-6-4-3-5-7-13)29-19(27)20(28,10-16(23)24)11-17(25)26;;/h12-15,18,22,28H,3-11,21H2,1-2H3,(H,23,24)(H,25,26);;/t14-,15-,18+;;/m0../s1. The van der Waals surface area contributed by atoms with Gasteiger partial charge in [-0.2, -0.15) is 0 Å². The van der Waals surface area contributed by atoms with Gasteiger partial charge in [0.25, 0.3) is 0 Å². The summed E-state index contributed by atoms with van der Waals surface area (Å²) >= 11 is 0. The molecule has 1 fully saturated rings. The topological polar surface area (TPSA) is 167 Å². The van der Waals surface area contributed by atoms with Crippen LogP contribution in [0.3, 0.4) is 0 Å². The van der Waals surface area contributed by atoms with E-state index in [1.54, 1.807) is 0 Å². The predicted octanol–water partition coefficient (Wildman–Crippen LogP) is 0.635. The molecule has 6 N–H and O–H groups in total. The van der Waals surface area contributed by atoms with Crippen molar-refractivity contribution >= 4 is 69.3 Å². The number of carbonyl (C=O) groups is 3. The predicted molar refractivity (Wildman–Crippen MR) is 111 cm³/mol. The average molecular weight is 458 g/mol. The third kappa shape index (κ3) is 10.5. The molecule has 0 spiro atoms. The van der Waals surface area contributed by atoms with Crippen LogP contribution in [0.1, 0.15) is 71.6 Å². The van der Waals surface area contributed by atoms with Crippen molar-refractivity contribution in [3.8, 4) is 0 Å². The van der Waals surface area contributed by atoms with Crippen molar-refractivity contribution in [2.75, 3.05) is 0 Å². The van der Waals surface area contributed by atoms with E-state index in [0.717, 1.165) is 32.1 Å². The number of carbonyl (C=O) groups excluding carboxylic acids is 1. The maximum absolute atomic E-state index is 12.6. The molecule has 0 bridgehead atoms. The van der Waals surface area contributed by atoms with E-state index in [1.807, 2.05) is 13.8 Å². The number of nitrogens with two attached hydrogens (primary N) is 1. The van der Waals surface area contributed by atoms with Crippen molar-refractivity contribution in [1.29, 1.82) is 0 Å². The summed E-state index contributed by atoms with van der Waals surface area (Å²) in [4.78, 5) is 34.6. The molecule has 3 atom stereocenters. The van der Waals surface area contributed by atoms with Gasteiger partial charge < -0.3 is 30.9 Å². The molecule has 10 heteroatoms. The van der Waals surface area contributed by atoms with Gasteiger partial charge >= 0.3 is 69.3 Å². The van der Waals surface area contributed by atoms with Gasteiger partial charge in [0.1, 0.15) is 6.10 Å². The monoisotopic (exact) mass is 457 g/mol. The molecular formula is C20H36KNO8. The third-order valence-corrected chi connectivity index (χ3v) is 5.35. The number of aliphatic hydroxyl groups excluding tert-OH is 1. The third-order valence-electron chi connectivity index (χ3n) is 5.35. The summed E-state index contributed by atoms with van der Waals surface area (Å²) in [6.07, 6.45) is 1.62. The Labute approximate surface area is 220 Å². The Morgan fingerprint density at radius 2 is 1.57 bits per heavy atom. The van der Waals surface area contributed by atoms with Gasteiger partial charge in [0.15, 0.2) is 5.60 Å². The van der Waals surface area contributed by atoms with Crippen LogP contribution in [-0.2, 0) is 19.1 Å². The van der Waals surface area contributed by atoms with Gasteiger partial charge in [0.2, 0.25) is 0 Å². The molecule has 0 amide bonds. The van der Waals surface area contributed by atoms with E-state index in [4.69, 9.17) is 20.7 Å². The van der Waals surface area contributed by atoms with Crippen LogP contribution in [0.2, 0.25) is 0 Å². The molecule has 0 unspecified atom stereocenters. The van der Waals surface area contributed by atoms with Gasteiger partial charge in [-0.15, -0.1) is 0 Å². The molecule has 1 aliphatic carbocycles. The number of carboxylic acids is 2. The second-order valence-electron chi connectivity index (χ2n) is 8.64. The number of hydrogen-bond acceptors (Lipinski definition) is 7. The van der Waals surface area contributed by atoms with Gasteiger partial charge in [-0.25, -0.2) is 4.79 Å². The van der Waals surface area contributed by atoms with E-state index in [-0.39, 0.29) is 63.7 Å². The number of hydrogen-bond donors (Lipinski definition) is 5. The summed E-state index contributed by atoms with van der Waals surface area (Å²) < 4.78 is 5.29. The zero-order chi connectivity index (χ0) is 22.2. The van der Waals surface area contributed by atoms with Crippen LogP contribution in [0.4, 0.5) is 0 Å². The van der Waals surface area contributed by atoms with Crippen molar-refractivity contribution in [2.24, 2.45) is 17.6 Å². The number of rotatable bonds is 12. The molecule has 9 nitrogen and oxygen atoms in total. The van der Waals surface area contributed by atoms with E-state index in [2.05, 4.69) is 0 Å². The number of ether oxygens (including phenoxy) is 1. The Balaban J connectivity index is 0.00000841. The zero-order valence-electron chi connectivity index (χ0n) is 17.2. The number of aliphatic carboxylic acids is 2. The molecule has 0 aromatic carbocycles. The van der Waals surface area contributed by atoms with Crippen LogP contribution < -0.4 is 5.73 Å². The van der Waals surface area contributed by atoms with Gasteiger partial charge in [0.05, 0.1) is 18.9 Å². The Hall–Kier alpha value is -0.0736. The first-order valence-corrected chi connectivity index (χ1v) is 10.2. The fourth-order valence-electron chi connectivity index (χ4n) is 3.95. The minimum atomic E-state index is -2.74. The van der Waals surface area contributed by atoms with Crippen molar-refractivity contribution in [2.45, 2.75) is 95.5 Å². The van der Waals surface area contributed by atoms with Crippen molar-refractivity contribution < 1.29 is 39.5 Å². The summed E-state index contributed by atoms with van der Waals surface area (Å²) in [5, 5.41) is 38.9. The molecule has 0 aromatic rings. The Kier molecular flexibility index (Phi) is 14.1. The second kappa shape index (κ2) is 14.2. The number of aliphatic hydroxyl groups is 2. The molecule has 1 aliphatic rings. The average Bonchev–Trinajstić information content (AvgIpc) is 2.57. The number of esters is 1. The van der Waals surface area contributed by atoms with Gasteiger partial charge in [-0.1, -0.05) is 46.0 Å². The fourth-order valence-corrected chi connectivity index (χ4v) is 3.95. The quantitative estimate of drug-likeness (QED) is 0.208. The molecule has 0 heterocycles. The molecule has 0 aromatic heterocycles. The normalized spacial score (nSPS) is 18.2. The molecule has 0 aliphatic heterocycles. The second-order valence-corrected chi connectivity index (χ2v) is 8.64.